The highest BCUT2D eigenvalue weighted by atomic mass is 16.5. The molecule has 0 bridgehead atoms. The number of methoxy groups -OCH3 is 2. The Hall–Kier alpha value is -1.10. The van der Waals surface area contributed by atoms with Crippen molar-refractivity contribution in [3.63, 3.8) is 0 Å². The Labute approximate surface area is 101 Å². The number of aliphatic hydroxyl groups excluding tert-OH is 1. The van der Waals surface area contributed by atoms with Crippen molar-refractivity contribution in [1.82, 2.24) is 0 Å². The highest BCUT2D eigenvalue weighted by molar-refractivity contribution is 5.70. The fraction of sp³-hybridized carbons (Fsp3) is 0.833. The lowest BCUT2D eigenvalue weighted by molar-refractivity contribution is -0.143. The fourth-order valence-corrected chi connectivity index (χ4v) is 2.50. The van der Waals surface area contributed by atoms with Gasteiger partial charge in [-0.05, 0) is 31.1 Å². The summed E-state index contributed by atoms with van der Waals surface area (Å²) in [5, 5.41) is 9.72. The van der Waals surface area contributed by atoms with E-state index >= 15 is 0 Å². The molecule has 0 aromatic rings. The smallest absolute Gasteiger partial charge is 0.305 e. The van der Waals surface area contributed by atoms with Crippen molar-refractivity contribution in [3.8, 4) is 0 Å². The Morgan fingerprint density at radius 2 is 1.41 bits per heavy atom. The second-order valence-corrected chi connectivity index (χ2v) is 4.65. The SMILES string of the molecule is COC(=O)CC1CC(O)CC(CC(=O)OC)C1. The average molecular weight is 244 g/mol. The van der Waals surface area contributed by atoms with Gasteiger partial charge in [-0.1, -0.05) is 0 Å². The van der Waals surface area contributed by atoms with E-state index in [2.05, 4.69) is 9.47 Å². The van der Waals surface area contributed by atoms with E-state index in [-0.39, 0.29) is 23.8 Å². The molecule has 0 aliphatic heterocycles. The Kier molecular flexibility index (Phi) is 5.41. The van der Waals surface area contributed by atoms with Gasteiger partial charge in [0.2, 0.25) is 0 Å². The maximum Gasteiger partial charge on any atom is 0.305 e. The van der Waals surface area contributed by atoms with Gasteiger partial charge in [0.05, 0.1) is 20.3 Å². The summed E-state index contributed by atoms with van der Waals surface area (Å²) in [5.74, 6) is -0.330. The molecule has 1 rings (SSSR count). The summed E-state index contributed by atoms with van der Waals surface area (Å²) in [6.07, 6.45) is 2.16. The zero-order valence-electron chi connectivity index (χ0n) is 10.3. The first kappa shape index (κ1) is 14.0. The van der Waals surface area contributed by atoms with Gasteiger partial charge in [-0.2, -0.15) is 0 Å². The molecule has 1 saturated carbocycles. The van der Waals surface area contributed by atoms with Gasteiger partial charge >= 0.3 is 11.9 Å². The predicted molar refractivity (Wildman–Crippen MR) is 60.1 cm³/mol. The van der Waals surface area contributed by atoms with Crippen LogP contribution in [0.4, 0.5) is 0 Å². The normalized spacial score (nSPS) is 28.5. The summed E-state index contributed by atoms with van der Waals surface area (Å²) in [6.45, 7) is 0. The van der Waals surface area contributed by atoms with E-state index in [1.165, 1.54) is 14.2 Å². The highest BCUT2D eigenvalue weighted by Crippen LogP contribution is 2.33. The molecule has 0 saturated heterocycles. The molecule has 0 amide bonds. The number of carbonyl (C=O) groups excluding carboxylic acids is 2. The maximum absolute atomic E-state index is 11.2. The summed E-state index contributed by atoms with van der Waals surface area (Å²) in [5.41, 5.74) is 0. The molecule has 0 aromatic heterocycles. The van der Waals surface area contributed by atoms with Crippen LogP contribution in [-0.2, 0) is 19.1 Å². The monoisotopic (exact) mass is 244 g/mol. The molecule has 0 spiro atoms. The highest BCUT2D eigenvalue weighted by Gasteiger charge is 2.30. The van der Waals surface area contributed by atoms with Crippen molar-refractivity contribution < 1.29 is 24.2 Å². The summed E-state index contributed by atoms with van der Waals surface area (Å²) >= 11 is 0. The molecule has 17 heavy (non-hydrogen) atoms. The fourth-order valence-electron chi connectivity index (χ4n) is 2.50. The molecular weight excluding hydrogens is 224 g/mol. The van der Waals surface area contributed by atoms with Crippen LogP contribution in [0.3, 0.4) is 0 Å². The van der Waals surface area contributed by atoms with Gasteiger partial charge in [-0.15, -0.1) is 0 Å². The van der Waals surface area contributed by atoms with Crippen LogP contribution < -0.4 is 0 Å². The summed E-state index contributed by atoms with van der Waals surface area (Å²) in [4.78, 5) is 22.4. The van der Waals surface area contributed by atoms with E-state index in [1.807, 2.05) is 0 Å². The minimum atomic E-state index is -0.437. The minimum absolute atomic E-state index is 0.0980. The zero-order valence-corrected chi connectivity index (χ0v) is 10.3. The molecule has 1 N–H and O–H groups in total. The van der Waals surface area contributed by atoms with Crippen molar-refractivity contribution in [2.45, 2.75) is 38.2 Å². The molecule has 1 aliphatic rings. The van der Waals surface area contributed by atoms with E-state index in [0.29, 0.717) is 25.7 Å². The van der Waals surface area contributed by atoms with E-state index in [1.54, 1.807) is 0 Å². The van der Waals surface area contributed by atoms with E-state index < -0.39 is 6.10 Å². The third kappa shape index (κ3) is 4.73. The number of esters is 2. The standard InChI is InChI=1S/C12H20O5/c1-16-11(14)6-8-3-9(5-10(13)4-8)7-12(15)17-2/h8-10,13H,3-7H2,1-2H3. The van der Waals surface area contributed by atoms with Crippen molar-refractivity contribution in [2.24, 2.45) is 11.8 Å². The van der Waals surface area contributed by atoms with Crippen LogP contribution in [0.5, 0.6) is 0 Å². The van der Waals surface area contributed by atoms with E-state index in [9.17, 15) is 14.7 Å². The number of hydrogen-bond donors (Lipinski definition) is 1. The van der Waals surface area contributed by atoms with Crippen LogP contribution in [-0.4, -0.2) is 37.4 Å². The predicted octanol–water partition coefficient (Wildman–Crippen LogP) is 0.890. The largest absolute Gasteiger partial charge is 0.469 e. The van der Waals surface area contributed by atoms with Crippen LogP contribution in [0, 0.1) is 11.8 Å². The number of hydrogen-bond acceptors (Lipinski definition) is 5. The lowest BCUT2D eigenvalue weighted by Crippen LogP contribution is -2.29. The van der Waals surface area contributed by atoms with Crippen molar-refractivity contribution in [3.05, 3.63) is 0 Å². The molecule has 0 aromatic carbocycles. The van der Waals surface area contributed by atoms with Gasteiger partial charge < -0.3 is 14.6 Å². The average Bonchev–Trinajstić information content (AvgIpc) is 2.27. The summed E-state index contributed by atoms with van der Waals surface area (Å²) in [7, 11) is 2.71. The van der Waals surface area contributed by atoms with Gasteiger partial charge in [-0.25, -0.2) is 0 Å². The Morgan fingerprint density at radius 3 is 1.76 bits per heavy atom. The maximum atomic E-state index is 11.2. The minimum Gasteiger partial charge on any atom is -0.469 e. The molecule has 98 valence electrons. The summed E-state index contributed by atoms with van der Waals surface area (Å²) in [6, 6.07) is 0. The van der Waals surface area contributed by atoms with E-state index in [4.69, 9.17) is 0 Å². The second-order valence-electron chi connectivity index (χ2n) is 4.65. The van der Waals surface area contributed by atoms with Crippen LogP contribution in [0.1, 0.15) is 32.1 Å². The Morgan fingerprint density at radius 1 is 1.00 bits per heavy atom. The lowest BCUT2D eigenvalue weighted by atomic mass is 9.77. The van der Waals surface area contributed by atoms with Crippen molar-refractivity contribution in [2.75, 3.05) is 14.2 Å². The molecule has 2 unspecified atom stereocenters. The number of ether oxygens (including phenoxy) is 2. The number of rotatable bonds is 4. The molecule has 0 radical (unpaired) electrons. The third-order valence-corrected chi connectivity index (χ3v) is 3.24. The van der Waals surface area contributed by atoms with Crippen LogP contribution in [0.15, 0.2) is 0 Å². The van der Waals surface area contributed by atoms with Gasteiger partial charge in [0.15, 0.2) is 0 Å². The third-order valence-electron chi connectivity index (χ3n) is 3.24. The first-order valence-electron chi connectivity index (χ1n) is 5.86. The topological polar surface area (TPSA) is 72.8 Å². The molecule has 1 aliphatic carbocycles. The zero-order chi connectivity index (χ0) is 12.8. The van der Waals surface area contributed by atoms with Crippen LogP contribution in [0.2, 0.25) is 0 Å². The first-order chi connectivity index (χ1) is 8.05. The quantitative estimate of drug-likeness (QED) is 0.743. The molecule has 0 heterocycles. The van der Waals surface area contributed by atoms with Gasteiger partial charge in [0.1, 0.15) is 0 Å². The second kappa shape index (κ2) is 6.59. The van der Waals surface area contributed by atoms with Crippen molar-refractivity contribution in [1.29, 1.82) is 0 Å². The Balaban J connectivity index is 2.47. The van der Waals surface area contributed by atoms with Crippen LogP contribution >= 0.6 is 0 Å². The molecule has 5 nitrogen and oxygen atoms in total. The first-order valence-corrected chi connectivity index (χ1v) is 5.86. The van der Waals surface area contributed by atoms with Gasteiger partial charge in [0, 0.05) is 12.8 Å². The Bertz CT molecular complexity index is 250. The van der Waals surface area contributed by atoms with Gasteiger partial charge in [-0.3, -0.25) is 9.59 Å². The van der Waals surface area contributed by atoms with E-state index in [0.717, 1.165) is 6.42 Å². The van der Waals surface area contributed by atoms with Crippen molar-refractivity contribution >= 4 is 11.9 Å². The van der Waals surface area contributed by atoms with Gasteiger partial charge in [0.25, 0.3) is 0 Å². The summed E-state index contributed by atoms with van der Waals surface area (Å²) < 4.78 is 9.23. The lowest BCUT2D eigenvalue weighted by Gasteiger charge is -2.31. The number of carbonyl (C=O) groups is 2. The molecular formula is C12H20O5. The molecule has 1 fully saturated rings. The van der Waals surface area contributed by atoms with Crippen LogP contribution in [0.25, 0.3) is 0 Å². The molecule has 5 heteroatoms. The number of aliphatic hydroxyl groups is 1. The molecule has 2 atom stereocenters.